The van der Waals surface area contributed by atoms with Crippen molar-refractivity contribution in [3.8, 4) is 28.3 Å². The highest BCUT2D eigenvalue weighted by Crippen LogP contribution is 2.59. The number of nitrogens with two attached hydrogens (primary N) is 1. The van der Waals surface area contributed by atoms with Crippen LogP contribution in [0.25, 0.3) is 38.6 Å². The van der Waals surface area contributed by atoms with Crippen molar-refractivity contribution < 1.29 is 0 Å². The molecule has 0 unspecified atom stereocenters. The van der Waals surface area contributed by atoms with E-state index in [1.165, 1.54) is 55.3 Å². The lowest BCUT2D eigenvalue weighted by Crippen LogP contribution is -2.28. The average Bonchev–Trinajstić information content (AvgIpc) is 3.38. The van der Waals surface area contributed by atoms with Crippen LogP contribution in [0.2, 0.25) is 0 Å². The van der Waals surface area contributed by atoms with Gasteiger partial charge in [0.1, 0.15) is 0 Å². The van der Waals surface area contributed by atoms with Crippen molar-refractivity contribution in [1.82, 2.24) is 0 Å². The van der Waals surface area contributed by atoms with E-state index >= 15 is 0 Å². The van der Waals surface area contributed by atoms with Crippen molar-refractivity contribution in [3.63, 3.8) is 0 Å². The first kappa shape index (κ1) is 26.3. The largest absolute Gasteiger partial charge is 0.404 e. The quantitative estimate of drug-likeness (QED) is 0.171. The van der Waals surface area contributed by atoms with Crippen LogP contribution < -0.4 is 5.73 Å². The molecule has 0 amide bonds. The summed E-state index contributed by atoms with van der Waals surface area (Å²) in [6, 6.07) is 52.4. The summed E-state index contributed by atoms with van der Waals surface area (Å²) in [4.78, 5) is 0. The molecule has 0 fully saturated rings. The standard InChI is InChI=1S/C41H30N2/c1-28(26-42)23-31(27-43)30-21-22-36-38(24-30)41(32-15-7-3-8-16-32,33-17-9-4-10-18-33)39-25-37(29-13-5-2-6-14-29)34-19-11-12-20-35(34)40(36)39/h2-25,27H,43H2,1H3/b28-23+,31-27+. The molecule has 0 spiro atoms. The van der Waals surface area contributed by atoms with Crippen molar-refractivity contribution in [2.45, 2.75) is 12.3 Å². The predicted molar refractivity (Wildman–Crippen MR) is 178 cm³/mol. The zero-order valence-electron chi connectivity index (χ0n) is 24.0. The lowest BCUT2D eigenvalue weighted by molar-refractivity contribution is 0.769. The SMILES string of the molecule is C/C(C#N)=C\C(=C/N)c1ccc2c(c1)C(c1ccccc1)(c1ccccc1)c1cc(-c3ccccc3)c3ccccc3c1-2. The smallest absolute Gasteiger partial charge is 0.0944 e. The molecule has 0 aromatic heterocycles. The number of benzene rings is 6. The molecule has 2 nitrogen and oxygen atoms in total. The minimum atomic E-state index is -0.579. The zero-order chi connectivity index (χ0) is 29.4. The third-order valence-corrected chi connectivity index (χ3v) is 8.70. The van der Waals surface area contributed by atoms with Crippen LogP contribution in [-0.4, -0.2) is 0 Å². The van der Waals surface area contributed by atoms with E-state index in [0.29, 0.717) is 5.57 Å². The first-order chi connectivity index (χ1) is 21.2. The van der Waals surface area contributed by atoms with Crippen molar-refractivity contribution in [2.75, 3.05) is 0 Å². The second-order valence-electron chi connectivity index (χ2n) is 11.1. The number of hydrogen-bond acceptors (Lipinski definition) is 2. The van der Waals surface area contributed by atoms with Crippen LogP contribution in [0.5, 0.6) is 0 Å². The number of nitriles is 1. The molecule has 0 aliphatic heterocycles. The highest BCUT2D eigenvalue weighted by Gasteiger charge is 2.47. The molecule has 1 aliphatic carbocycles. The highest BCUT2D eigenvalue weighted by atomic mass is 14.5. The summed E-state index contributed by atoms with van der Waals surface area (Å²) in [6.45, 7) is 1.81. The minimum absolute atomic E-state index is 0.579. The normalized spacial score (nSPS) is 13.8. The molecule has 6 aromatic carbocycles. The molecule has 0 saturated carbocycles. The van der Waals surface area contributed by atoms with E-state index in [0.717, 1.165) is 11.1 Å². The maximum absolute atomic E-state index is 9.51. The molecule has 0 bridgehead atoms. The molecule has 2 N–H and O–H groups in total. The van der Waals surface area contributed by atoms with Crippen LogP contribution in [0.15, 0.2) is 157 Å². The molecular weight excluding hydrogens is 520 g/mol. The fraction of sp³-hybridized carbons (Fsp3) is 0.0488. The summed E-state index contributed by atoms with van der Waals surface area (Å²) in [5.41, 5.74) is 17.7. The fourth-order valence-electron chi connectivity index (χ4n) is 6.87. The number of rotatable bonds is 5. The van der Waals surface area contributed by atoms with Gasteiger partial charge in [-0.3, -0.25) is 0 Å². The molecule has 43 heavy (non-hydrogen) atoms. The van der Waals surface area contributed by atoms with Gasteiger partial charge in [-0.15, -0.1) is 0 Å². The summed E-state index contributed by atoms with van der Waals surface area (Å²) in [7, 11) is 0. The Morgan fingerprint density at radius 1 is 0.651 bits per heavy atom. The first-order valence-electron chi connectivity index (χ1n) is 14.5. The Kier molecular flexibility index (Phi) is 6.50. The number of nitrogens with zero attached hydrogens (tertiary/aromatic N) is 1. The summed E-state index contributed by atoms with van der Waals surface area (Å²) < 4.78 is 0. The molecule has 0 atom stereocenters. The minimum Gasteiger partial charge on any atom is -0.404 e. The van der Waals surface area contributed by atoms with Crippen LogP contribution in [0.4, 0.5) is 0 Å². The van der Waals surface area contributed by atoms with E-state index in [-0.39, 0.29) is 0 Å². The zero-order valence-corrected chi connectivity index (χ0v) is 24.0. The molecule has 204 valence electrons. The van der Waals surface area contributed by atoms with E-state index in [9.17, 15) is 5.26 Å². The maximum Gasteiger partial charge on any atom is 0.0944 e. The van der Waals surface area contributed by atoms with Gasteiger partial charge >= 0.3 is 0 Å². The summed E-state index contributed by atoms with van der Waals surface area (Å²) >= 11 is 0. The molecular formula is C41H30N2. The lowest BCUT2D eigenvalue weighted by atomic mass is 9.67. The average molecular weight is 551 g/mol. The number of fused-ring (bicyclic) bond motifs is 5. The van der Waals surface area contributed by atoms with E-state index in [4.69, 9.17) is 5.73 Å². The van der Waals surface area contributed by atoms with Gasteiger partial charge in [0.15, 0.2) is 0 Å². The Balaban J connectivity index is 1.67. The van der Waals surface area contributed by atoms with Crippen LogP contribution in [0.3, 0.4) is 0 Å². The first-order valence-corrected chi connectivity index (χ1v) is 14.5. The molecule has 0 heterocycles. The van der Waals surface area contributed by atoms with Gasteiger partial charge in [0.25, 0.3) is 0 Å². The predicted octanol–water partition coefficient (Wildman–Crippen LogP) is 9.64. The van der Waals surface area contributed by atoms with Crippen LogP contribution in [-0.2, 0) is 5.41 Å². The summed E-state index contributed by atoms with van der Waals surface area (Å²) in [5.74, 6) is 0. The monoisotopic (exact) mass is 550 g/mol. The van der Waals surface area contributed by atoms with E-state index in [2.05, 4.69) is 146 Å². The van der Waals surface area contributed by atoms with Crippen LogP contribution >= 0.6 is 0 Å². The Morgan fingerprint density at radius 2 is 1.23 bits per heavy atom. The van der Waals surface area contributed by atoms with Crippen LogP contribution in [0.1, 0.15) is 34.7 Å². The second kappa shape index (κ2) is 10.6. The Hall–Kier alpha value is -5.65. The lowest BCUT2D eigenvalue weighted by Gasteiger charge is -2.34. The highest BCUT2D eigenvalue weighted by molar-refractivity contribution is 6.10. The third kappa shape index (κ3) is 4.09. The summed E-state index contributed by atoms with van der Waals surface area (Å²) in [6.07, 6.45) is 3.46. The number of hydrogen-bond donors (Lipinski definition) is 1. The van der Waals surface area contributed by atoms with Gasteiger partial charge in [0, 0.05) is 11.8 Å². The van der Waals surface area contributed by atoms with Gasteiger partial charge in [-0.2, -0.15) is 5.26 Å². The van der Waals surface area contributed by atoms with Crippen molar-refractivity contribution >= 4 is 16.3 Å². The topological polar surface area (TPSA) is 49.8 Å². The van der Waals surface area contributed by atoms with Crippen molar-refractivity contribution in [3.05, 3.63) is 185 Å². The Labute approximate surface area is 252 Å². The maximum atomic E-state index is 9.51. The number of allylic oxidation sites excluding steroid dienone is 3. The Bertz CT molecular complexity index is 2040. The third-order valence-electron chi connectivity index (χ3n) is 8.70. The van der Waals surface area contributed by atoms with E-state index < -0.39 is 5.41 Å². The molecule has 7 rings (SSSR count). The Morgan fingerprint density at radius 3 is 1.84 bits per heavy atom. The van der Waals surface area contributed by atoms with Gasteiger partial charge in [-0.1, -0.05) is 127 Å². The van der Waals surface area contributed by atoms with Crippen molar-refractivity contribution in [1.29, 1.82) is 5.26 Å². The molecule has 1 aliphatic rings. The van der Waals surface area contributed by atoms with Gasteiger partial charge in [0.2, 0.25) is 0 Å². The van der Waals surface area contributed by atoms with Gasteiger partial charge in [-0.25, -0.2) is 0 Å². The molecule has 6 aromatic rings. The fourth-order valence-corrected chi connectivity index (χ4v) is 6.87. The van der Waals surface area contributed by atoms with Crippen LogP contribution in [0, 0.1) is 11.3 Å². The molecule has 2 heteroatoms. The van der Waals surface area contributed by atoms with Gasteiger partial charge in [0.05, 0.1) is 11.5 Å². The molecule has 0 saturated heterocycles. The van der Waals surface area contributed by atoms with Gasteiger partial charge < -0.3 is 5.73 Å². The van der Waals surface area contributed by atoms with Crippen molar-refractivity contribution in [2.24, 2.45) is 5.73 Å². The van der Waals surface area contributed by atoms with Gasteiger partial charge in [-0.05, 0) is 91.5 Å². The molecule has 0 radical (unpaired) electrons. The van der Waals surface area contributed by atoms with E-state index in [1.807, 2.05) is 13.0 Å². The second-order valence-corrected chi connectivity index (χ2v) is 11.1. The van der Waals surface area contributed by atoms with E-state index in [1.54, 1.807) is 6.20 Å². The summed E-state index contributed by atoms with van der Waals surface area (Å²) in [5, 5.41) is 12.0.